The van der Waals surface area contributed by atoms with E-state index < -0.39 is 0 Å². The third kappa shape index (κ3) is 1.64. The zero-order valence-corrected chi connectivity index (χ0v) is 9.61. The van der Waals surface area contributed by atoms with Crippen LogP contribution in [-0.4, -0.2) is 19.7 Å². The minimum atomic E-state index is -0.0805. The molecule has 0 radical (unpaired) electrons. The molecule has 0 aromatic carbocycles. The lowest BCUT2D eigenvalue weighted by Gasteiger charge is -2.05. The normalized spacial score (nSPS) is 10.7. The Bertz CT molecular complexity index is 568. The molecule has 0 bridgehead atoms. The fourth-order valence-corrected chi connectivity index (χ4v) is 1.65. The summed E-state index contributed by atoms with van der Waals surface area (Å²) in [6, 6.07) is 1.83. The first-order valence-electron chi connectivity index (χ1n) is 5.21. The highest BCUT2D eigenvalue weighted by molar-refractivity contribution is 5.49. The Balaban J connectivity index is 2.64. The van der Waals surface area contributed by atoms with Gasteiger partial charge >= 0.3 is 0 Å². The average molecular weight is 218 g/mol. The van der Waals surface area contributed by atoms with Crippen molar-refractivity contribution in [2.24, 2.45) is 7.05 Å². The second-order valence-electron chi connectivity index (χ2n) is 3.68. The minimum Gasteiger partial charge on any atom is -0.305 e. The van der Waals surface area contributed by atoms with Gasteiger partial charge in [-0.15, -0.1) is 0 Å². The SMILES string of the molecule is CCc1nc(-c2ccnn2C)[nH]c(=O)c1C. The van der Waals surface area contributed by atoms with Crippen LogP contribution >= 0.6 is 0 Å². The van der Waals surface area contributed by atoms with E-state index in [-0.39, 0.29) is 5.56 Å². The zero-order chi connectivity index (χ0) is 11.7. The van der Waals surface area contributed by atoms with Gasteiger partial charge in [-0.3, -0.25) is 9.48 Å². The van der Waals surface area contributed by atoms with Crippen LogP contribution in [0.5, 0.6) is 0 Å². The molecule has 0 aliphatic heterocycles. The van der Waals surface area contributed by atoms with Crippen molar-refractivity contribution >= 4 is 0 Å². The molecule has 0 spiro atoms. The number of aromatic amines is 1. The Hall–Kier alpha value is -1.91. The molecule has 0 fully saturated rings. The lowest BCUT2D eigenvalue weighted by molar-refractivity contribution is 0.767. The maximum absolute atomic E-state index is 11.7. The first kappa shape index (κ1) is 10.6. The third-order valence-corrected chi connectivity index (χ3v) is 2.65. The Morgan fingerprint density at radius 1 is 1.50 bits per heavy atom. The van der Waals surface area contributed by atoms with Crippen LogP contribution in [0.15, 0.2) is 17.1 Å². The average Bonchev–Trinajstić information content (AvgIpc) is 2.68. The molecule has 0 saturated carbocycles. The van der Waals surface area contributed by atoms with E-state index in [0.717, 1.165) is 17.8 Å². The first-order chi connectivity index (χ1) is 7.63. The Morgan fingerprint density at radius 3 is 2.81 bits per heavy atom. The molecule has 2 heterocycles. The number of H-pyrrole nitrogens is 1. The fourth-order valence-electron chi connectivity index (χ4n) is 1.65. The first-order valence-corrected chi connectivity index (χ1v) is 5.21. The van der Waals surface area contributed by atoms with Crippen LogP contribution < -0.4 is 5.56 Å². The molecular formula is C11H14N4O. The predicted octanol–water partition coefficient (Wildman–Crippen LogP) is 1.04. The summed E-state index contributed by atoms with van der Waals surface area (Å²) in [5, 5.41) is 4.06. The molecule has 2 aromatic rings. The predicted molar refractivity (Wildman–Crippen MR) is 61.2 cm³/mol. The van der Waals surface area contributed by atoms with E-state index in [9.17, 15) is 4.79 Å². The van der Waals surface area contributed by atoms with Crippen LogP contribution in [0, 0.1) is 6.92 Å². The third-order valence-electron chi connectivity index (χ3n) is 2.65. The van der Waals surface area contributed by atoms with Crippen LogP contribution in [0.3, 0.4) is 0 Å². The molecule has 0 aliphatic carbocycles. The summed E-state index contributed by atoms with van der Waals surface area (Å²) in [7, 11) is 1.82. The quantitative estimate of drug-likeness (QED) is 0.819. The van der Waals surface area contributed by atoms with E-state index in [1.54, 1.807) is 17.8 Å². The number of rotatable bonds is 2. The zero-order valence-electron chi connectivity index (χ0n) is 9.61. The summed E-state index contributed by atoms with van der Waals surface area (Å²) in [6.45, 7) is 3.78. The van der Waals surface area contributed by atoms with Gasteiger partial charge in [-0.25, -0.2) is 4.98 Å². The molecule has 16 heavy (non-hydrogen) atoms. The van der Waals surface area contributed by atoms with Crippen LogP contribution in [-0.2, 0) is 13.5 Å². The van der Waals surface area contributed by atoms with Crippen LogP contribution in [0.25, 0.3) is 11.5 Å². The maximum atomic E-state index is 11.7. The largest absolute Gasteiger partial charge is 0.305 e. The number of nitrogens with zero attached hydrogens (tertiary/aromatic N) is 3. The van der Waals surface area contributed by atoms with Gasteiger partial charge in [-0.2, -0.15) is 5.10 Å². The van der Waals surface area contributed by atoms with Gasteiger partial charge in [0.2, 0.25) is 0 Å². The summed E-state index contributed by atoms with van der Waals surface area (Å²) >= 11 is 0. The van der Waals surface area contributed by atoms with Gasteiger partial charge in [0.05, 0.1) is 5.69 Å². The monoisotopic (exact) mass is 218 g/mol. The Morgan fingerprint density at radius 2 is 2.25 bits per heavy atom. The number of aromatic nitrogens is 4. The molecule has 2 rings (SSSR count). The van der Waals surface area contributed by atoms with Crippen LogP contribution in [0.2, 0.25) is 0 Å². The molecule has 1 N–H and O–H groups in total. The highest BCUT2D eigenvalue weighted by Gasteiger charge is 2.09. The highest BCUT2D eigenvalue weighted by atomic mass is 16.1. The smallest absolute Gasteiger partial charge is 0.254 e. The molecule has 0 aliphatic rings. The molecule has 84 valence electrons. The van der Waals surface area contributed by atoms with Crippen molar-refractivity contribution in [1.82, 2.24) is 19.7 Å². The molecular weight excluding hydrogens is 204 g/mol. The van der Waals surface area contributed by atoms with Gasteiger partial charge < -0.3 is 4.98 Å². The van der Waals surface area contributed by atoms with E-state index in [0.29, 0.717) is 11.4 Å². The van der Waals surface area contributed by atoms with Crippen molar-refractivity contribution in [1.29, 1.82) is 0 Å². The van der Waals surface area contributed by atoms with E-state index in [1.807, 2.05) is 20.0 Å². The van der Waals surface area contributed by atoms with Gasteiger partial charge in [0.15, 0.2) is 5.82 Å². The van der Waals surface area contributed by atoms with E-state index in [2.05, 4.69) is 15.1 Å². The number of aryl methyl sites for hydroxylation is 2. The van der Waals surface area contributed by atoms with Crippen molar-refractivity contribution in [3.63, 3.8) is 0 Å². The number of hydrogen-bond acceptors (Lipinski definition) is 3. The lowest BCUT2D eigenvalue weighted by atomic mass is 10.2. The topological polar surface area (TPSA) is 63.6 Å². The van der Waals surface area contributed by atoms with E-state index in [4.69, 9.17) is 0 Å². The molecule has 0 atom stereocenters. The van der Waals surface area contributed by atoms with Crippen molar-refractivity contribution in [2.75, 3.05) is 0 Å². The Kier molecular flexibility index (Phi) is 2.60. The summed E-state index contributed by atoms with van der Waals surface area (Å²) < 4.78 is 1.69. The standard InChI is InChI=1S/C11H14N4O/c1-4-8-7(2)11(16)14-10(13-8)9-5-6-12-15(9)3/h5-6H,4H2,1-3H3,(H,13,14,16). The fraction of sp³-hybridized carbons (Fsp3) is 0.364. The number of hydrogen-bond donors (Lipinski definition) is 1. The Labute approximate surface area is 93.2 Å². The van der Waals surface area contributed by atoms with Gasteiger partial charge in [0.1, 0.15) is 5.69 Å². The summed E-state index contributed by atoms with van der Waals surface area (Å²) in [5.41, 5.74) is 2.25. The second-order valence-corrected chi connectivity index (χ2v) is 3.68. The molecule has 5 heteroatoms. The molecule has 0 unspecified atom stereocenters. The maximum Gasteiger partial charge on any atom is 0.254 e. The molecule has 5 nitrogen and oxygen atoms in total. The molecule has 0 amide bonds. The molecule has 0 saturated heterocycles. The highest BCUT2D eigenvalue weighted by Crippen LogP contribution is 2.12. The van der Waals surface area contributed by atoms with Crippen LogP contribution in [0.1, 0.15) is 18.2 Å². The lowest BCUT2D eigenvalue weighted by Crippen LogP contribution is -2.16. The summed E-state index contributed by atoms with van der Waals surface area (Å²) in [6.07, 6.45) is 2.43. The van der Waals surface area contributed by atoms with Crippen molar-refractivity contribution in [3.05, 3.63) is 33.9 Å². The number of nitrogens with one attached hydrogen (secondary N) is 1. The summed E-state index contributed by atoms with van der Waals surface area (Å²) in [4.78, 5) is 18.9. The summed E-state index contributed by atoms with van der Waals surface area (Å²) in [5.74, 6) is 0.576. The second kappa shape index (κ2) is 3.92. The minimum absolute atomic E-state index is 0.0805. The van der Waals surface area contributed by atoms with Gasteiger partial charge in [0, 0.05) is 18.8 Å². The van der Waals surface area contributed by atoms with Gasteiger partial charge in [-0.1, -0.05) is 6.92 Å². The van der Waals surface area contributed by atoms with Crippen LogP contribution in [0.4, 0.5) is 0 Å². The van der Waals surface area contributed by atoms with Crippen molar-refractivity contribution < 1.29 is 0 Å². The molecule has 2 aromatic heterocycles. The van der Waals surface area contributed by atoms with Crippen molar-refractivity contribution in [3.8, 4) is 11.5 Å². The van der Waals surface area contributed by atoms with Gasteiger partial charge in [0.25, 0.3) is 5.56 Å². The van der Waals surface area contributed by atoms with E-state index >= 15 is 0 Å². The van der Waals surface area contributed by atoms with E-state index in [1.165, 1.54) is 0 Å². The van der Waals surface area contributed by atoms with Gasteiger partial charge in [-0.05, 0) is 19.4 Å². The van der Waals surface area contributed by atoms with Crippen molar-refractivity contribution in [2.45, 2.75) is 20.3 Å².